The molecule has 1 atom stereocenters. The molecular weight excluding hydrogens is 216 g/mol. The summed E-state index contributed by atoms with van der Waals surface area (Å²) in [5.74, 6) is -0.462. The molecule has 0 aliphatic carbocycles. The number of ether oxygens (including phenoxy) is 1. The highest BCUT2D eigenvalue weighted by molar-refractivity contribution is 5.73. The first kappa shape index (κ1) is 13.0. The van der Waals surface area contributed by atoms with Gasteiger partial charge in [-0.2, -0.15) is 5.26 Å². The Labute approximate surface area is 101 Å². The van der Waals surface area contributed by atoms with Gasteiger partial charge in [0, 0.05) is 6.54 Å². The van der Waals surface area contributed by atoms with Crippen molar-refractivity contribution in [3.05, 3.63) is 29.8 Å². The molecule has 0 saturated carbocycles. The Morgan fingerprint density at radius 1 is 1.53 bits per heavy atom. The highest BCUT2D eigenvalue weighted by atomic mass is 16.5. The SMILES string of the molecule is CCOC(=O)C(C)CNc1ccccc1C#N. The summed E-state index contributed by atoms with van der Waals surface area (Å²) in [5, 5.41) is 12.0. The van der Waals surface area contributed by atoms with Crippen molar-refractivity contribution in [2.75, 3.05) is 18.5 Å². The van der Waals surface area contributed by atoms with Gasteiger partial charge in [0.05, 0.1) is 23.8 Å². The van der Waals surface area contributed by atoms with Gasteiger partial charge in [0.1, 0.15) is 6.07 Å². The van der Waals surface area contributed by atoms with Crippen LogP contribution >= 0.6 is 0 Å². The van der Waals surface area contributed by atoms with E-state index in [-0.39, 0.29) is 11.9 Å². The molecule has 0 spiro atoms. The van der Waals surface area contributed by atoms with Crippen molar-refractivity contribution in [1.29, 1.82) is 5.26 Å². The maximum absolute atomic E-state index is 11.4. The summed E-state index contributed by atoms with van der Waals surface area (Å²) in [4.78, 5) is 11.4. The van der Waals surface area contributed by atoms with E-state index in [1.807, 2.05) is 12.1 Å². The second kappa shape index (κ2) is 6.54. The molecule has 0 heterocycles. The van der Waals surface area contributed by atoms with E-state index in [9.17, 15) is 4.79 Å². The third kappa shape index (κ3) is 3.80. The van der Waals surface area contributed by atoms with Crippen molar-refractivity contribution in [3.63, 3.8) is 0 Å². The van der Waals surface area contributed by atoms with Crippen LogP contribution in [0.2, 0.25) is 0 Å². The summed E-state index contributed by atoms with van der Waals surface area (Å²) in [6.45, 7) is 4.42. The average Bonchev–Trinajstić information content (AvgIpc) is 2.36. The van der Waals surface area contributed by atoms with Gasteiger partial charge >= 0.3 is 5.97 Å². The number of hydrogen-bond acceptors (Lipinski definition) is 4. The molecule has 1 unspecified atom stereocenters. The number of para-hydroxylation sites is 1. The summed E-state index contributed by atoms with van der Waals surface area (Å²) in [5.41, 5.74) is 1.31. The summed E-state index contributed by atoms with van der Waals surface area (Å²) in [6.07, 6.45) is 0. The number of esters is 1. The molecule has 1 rings (SSSR count). The minimum Gasteiger partial charge on any atom is -0.466 e. The molecule has 0 amide bonds. The van der Waals surface area contributed by atoms with Crippen LogP contribution in [0.3, 0.4) is 0 Å². The fourth-order valence-corrected chi connectivity index (χ4v) is 1.37. The van der Waals surface area contributed by atoms with Crippen LogP contribution in [0.5, 0.6) is 0 Å². The van der Waals surface area contributed by atoms with Crippen LogP contribution in [0.15, 0.2) is 24.3 Å². The number of carbonyl (C=O) groups is 1. The number of benzene rings is 1. The van der Waals surface area contributed by atoms with Gasteiger partial charge in [0.25, 0.3) is 0 Å². The van der Waals surface area contributed by atoms with Crippen molar-refractivity contribution in [2.24, 2.45) is 5.92 Å². The molecule has 1 aromatic rings. The molecule has 0 saturated heterocycles. The van der Waals surface area contributed by atoms with E-state index in [1.54, 1.807) is 26.0 Å². The molecule has 90 valence electrons. The normalized spacial score (nSPS) is 11.4. The minimum absolute atomic E-state index is 0.227. The molecule has 0 fully saturated rings. The summed E-state index contributed by atoms with van der Waals surface area (Å²) in [7, 11) is 0. The topological polar surface area (TPSA) is 62.1 Å². The monoisotopic (exact) mass is 232 g/mol. The smallest absolute Gasteiger partial charge is 0.310 e. The number of rotatable bonds is 5. The minimum atomic E-state index is -0.235. The van der Waals surface area contributed by atoms with Gasteiger partial charge in [0.15, 0.2) is 0 Å². The van der Waals surface area contributed by atoms with Crippen LogP contribution in [-0.4, -0.2) is 19.1 Å². The Bertz CT molecular complexity index is 424. The third-order valence-electron chi connectivity index (χ3n) is 2.34. The predicted molar refractivity (Wildman–Crippen MR) is 65.4 cm³/mol. The lowest BCUT2D eigenvalue weighted by Crippen LogP contribution is -2.22. The molecule has 4 nitrogen and oxygen atoms in total. The van der Waals surface area contributed by atoms with Crippen LogP contribution in [-0.2, 0) is 9.53 Å². The van der Waals surface area contributed by atoms with E-state index in [1.165, 1.54) is 0 Å². The fraction of sp³-hybridized carbons (Fsp3) is 0.385. The van der Waals surface area contributed by atoms with Crippen molar-refractivity contribution in [2.45, 2.75) is 13.8 Å². The molecule has 0 aromatic heterocycles. The van der Waals surface area contributed by atoms with Gasteiger partial charge in [-0.3, -0.25) is 4.79 Å². The van der Waals surface area contributed by atoms with Crippen molar-refractivity contribution >= 4 is 11.7 Å². The van der Waals surface area contributed by atoms with Gasteiger partial charge in [-0.15, -0.1) is 0 Å². The molecule has 4 heteroatoms. The van der Waals surface area contributed by atoms with Crippen molar-refractivity contribution < 1.29 is 9.53 Å². The Morgan fingerprint density at radius 2 is 2.24 bits per heavy atom. The Kier molecular flexibility index (Phi) is 5.02. The van der Waals surface area contributed by atoms with E-state index >= 15 is 0 Å². The molecular formula is C13H16N2O2. The van der Waals surface area contributed by atoms with Crippen molar-refractivity contribution in [1.82, 2.24) is 0 Å². The summed E-state index contributed by atoms with van der Waals surface area (Å²) in [6, 6.07) is 9.29. The average molecular weight is 232 g/mol. The Hall–Kier alpha value is -2.02. The lowest BCUT2D eigenvalue weighted by atomic mass is 10.1. The zero-order chi connectivity index (χ0) is 12.7. The van der Waals surface area contributed by atoms with Gasteiger partial charge in [-0.1, -0.05) is 19.1 Å². The van der Waals surface area contributed by atoms with E-state index in [0.717, 1.165) is 5.69 Å². The zero-order valence-corrected chi connectivity index (χ0v) is 10.1. The first-order chi connectivity index (χ1) is 8.19. The molecule has 0 radical (unpaired) electrons. The molecule has 1 N–H and O–H groups in total. The number of hydrogen-bond donors (Lipinski definition) is 1. The first-order valence-electron chi connectivity index (χ1n) is 5.58. The number of nitrogens with zero attached hydrogens (tertiary/aromatic N) is 1. The predicted octanol–water partition coefficient (Wildman–Crippen LogP) is 2.17. The van der Waals surface area contributed by atoms with Crippen LogP contribution in [0.25, 0.3) is 0 Å². The highest BCUT2D eigenvalue weighted by Crippen LogP contribution is 2.14. The molecule has 0 aliphatic heterocycles. The summed E-state index contributed by atoms with van der Waals surface area (Å²) >= 11 is 0. The zero-order valence-electron chi connectivity index (χ0n) is 10.1. The quantitative estimate of drug-likeness (QED) is 0.790. The lowest BCUT2D eigenvalue weighted by molar-refractivity contribution is -0.146. The number of nitrogens with one attached hydrogen (secondary N) is 1. The largest absolute Gasteiger partial charge is 0.466 e. The van der Waals surface area contributed by atoms with Gasteiger partial charge in [-0.25, -0.2) is 0 Å². The van der Waals surface area contributed by atoms with E-state index < -0.39 is 0 Å². The molecule has 0 aliphatic rings. The lowest BCUT2D eigenvalue weighted by Gasteiger charge is -2.13. The highest BCUT2D eigenvalue weighted by Gasteiger charge is 2.13. The Morgan fingerprint density at radius 3 is 2.88 bits per heavy atom. The van der Waals surface area contributed by atoms with E-state index in [2.05, 4.69) is 11.4 Å². The van der Waals surface area contributed by atoms with Gasteiger partial charge < -0.3 is 10.1 Å². The van der Waals surface area contributed by atoms with Crippen LogP contribution < -0.4 is 5.32 Å². The van der Waals surface area contributed by atoms with Crippen LogP contribution in [0.4, 0.5) is 5.69 Å². The summed E-state index contributed by atoms with van der Waals surface area (Å²) < 4.78 is 4.90. The van der Waals surface area contributed by atoms with Crippen molar-refractivity contribution in [3.8, 4) is 6.07 Å². The molecule has 0 bridgehead atoms. The first-order valence-corrected chi connectivity index (χ1v) is 5.58. The number of anilines is 1. The van der Waals surface area contributed by atoms with Gasteiger partial charge in [-0.05, 0) is 19.1 Å². The maximum Gasteiger partial charge on any atom is 0.310 e. The number of carbonyl (C=O) groups excluding carboxylic acids is 1. The number of nitriles is 1. The Balaban J connectivity index is 2.56. The van der Waals surface area contributed by atoms with Crippen LogP contribution in [0, 0.1) is 17.2 Å². The van der Waals surface area contributed by atoms with E-state index in [4.69, 9.17) is 10.00 Å². The standard InChI is InChI=1S/C13H16N2O2/c1-3-17-13(16)10(2)9-15-12-7-5-4-6-11(12)8-14/h4-7,10,15H,3,9H2,1-2H3. The second-order valence-electron chi connectivity index (χ2n) is 3.69. The second-order valence-corrected chi connectivity index (χ2v) is 3.69. The maximum atomic E-state index is 11.4. The third-order valence-corrected chi connectivity index (χ3v) is 2.34. The molecule has 1 aromatic carbocycles. The fourth-order valence-electron chi connectivity index (χ4n) is 1.37. The van der Waals surface area contributed by atoms with Crippen LogP contribution in [0.1, 0.15) is 19.4 Å². The van der Waals surface area contributed by atoms with E-state index in [0.29, 0.717) is 18.7 Å². The molecule has 17 heavy (non-hydrogen) atoms. The van der Waals surface area contributed by atoms with Gasteiger partial charge in [0.2, 0.25) is 0 Å².